The van der Waals surface area contributed by atoms with Gasteiger partial charge in [0.25, 0.3) is 0 Å². The Morgan fingerprint density at radius 1 is 1.44 bits per heavy atom. The number of carbonyl (C=O) groups is 2. The van der Waals surface area contributed by atoms with Crippen molar-refractivity contribution >= 4 is 11.9 Å². The van der Waals surface area contributed by atoms with E-state index >= 15 is 0 Å². The van der Waals surface area contributed by atoms with E-state index in [1.807, 2.05) is 0 Å². The Morgan fingerprint density at radius 2 is 2.00 bits per heavy atom. The minimum atomic E-state index is -4.51. The van der Waals surface area contributed by atoms with Gasteiger partial charge < -0.3 is 9.64 Å². The quantitative estimate of drug-likeness (QED) is 0.533. The van der Waals surface area contributed by atoms with Crippen LogP contribution in [0.5, 0.6) is 0 Å². The van der Waals surface area contributed by atoms with E-state index in [-0.39, 0.29) is 13.0 Å². The molecule has 0 aromatic carbocycles. The number of alkyl halides is 3. The molecule has 92 valence electrons. The van der Waals surface area contributed by atoms with Gasteiger partial charge in [-0.05, 0) is 6.08 Å². The second kappa shape index (κ2) is 6.14. The fourth-order valence-corrected chi connectivity index (χ4v) is 0.941. The van der Waals surface area contributed by atoms with E-state index in [1.54, 1.807) is 0 Å². The van der Waals surface area contributed by atoms with Crippen LogP contribution in [0, 0.1) is 0 Å². The molecule has 1 amide bonds. The van der Waals surface area contributed by atoms with Gasteiger partial charge in [0.15, 0.2) is 0 Å². The number of methoxy groups -OCH3 is 1. The van der Waals surface area contributed by atoms with Gasteiger partial charge >= 0.3 is 12.1 Å². The number of hydrogen-bond donors (Lipinski definition) is 0. The van der Waals surface area contributed by atoms with Crippen LogP contribution in [-0.2, 0) is 14.3 Å². The first-order valence-electron chi connectivity index (χ1n) is 4.35. The molecular weight excluding hydrogens is 227 g/mol. The summed E-state index contributed by atoms with van der Waals surface area (Å²) < 4.78 is 40.5. The maximum absolute atomic E-state index is 12.1. The number of amides is 1. The van der Waals surface area contributed by atoms with Gasteiger partial charge in [0.1, 0.15) is 6.54 Å². The Bertz CT molecular complexity index is 276. The molecule has 0 aliphatic rings. The third-order valence-corrected chi connectivity index (χ3v) is 1.67. The lowest BCUT2D eigenvalue weighted by Crippen LogP contribution is -2.39. The van der Waals surface area contributed by atoms with Gasteiger partial charge in [-0.3, -0.25) is 9.59 Å². The van der Waals surface area contributed by atoms with Gasteiger partial charge in [0, 0.05) is 6.54 Å². The standard InChI is InChI=1S/C9H12F3NO3/c1-3-7(14)13(6-9(10,11)12)5-4-8(15)16-2/h3H,1,4-6H2,2H3. The summed E-state index contributed by atoms with van der Waals surface area (Å²) in [5, 5.41) is 0. The van der Waals surface area contributed by atoms with Gasteiger partial charge in [-0.1, -0.05) is 6.58 Å². The Balaban J connectivity index is 4.38. The maximum Gasteiger partial charge on any atom is 0.406 e. The second-order valence-electron chi connectivity index (χ2n) is 2.91. The lowest BCUT2D eigenvalue weighted by atomic mass is 10.3. The highest BCUT2D eigenvalue weighted by atomic mass is 19.4. The van der Waals surface area contributed by atoms with Crippen LogP contribution in [0.25, 0.3) is 0 Å². The molecule has 16 heavy (non-hydrogen) atoms. The molecule has 0 atom stereocenters. The molecular formula is C9H12F3NO3. The monoisotopic (exact) mass is 239 g/mol. The highest BCUT2D eigenvalue weighted by Gasteiger charge is 2.32. The number of rotatable bonds is 5. The van der Waals surface area contributed by atoms with E-state index in [0.717, 1.165) is 13.2 Å². The molecule has 0 radical (unpaired) electrons. The molecule has 0 aliphatic heterocycles. The summed E-state index contributed by atoms with van der Waals surface area (Å²) in [4.78, 5) is 22.3. The summed E-state index contributed by atoms with van der Waals surface area (Å²) in [6, 6.07) is 0. The fourth-order valence-electron chi connectivity index (χ4n) is 0.941. The average Bonchev–Trinajstić information content (AvgIpc) is 2.20. The molecule has 0 N–H and O–H groups in total. The van der Waals surface area contributed by atoms with Gasteiger partial charge in [-0.25, -0.2) is 0 Å². The van der Waals surface area contributed by atoms with Crippen molar-refractivity contribution in [2.75, 3.05) is 20.2 Å². The number of hydrogen-bond acceptors (Lipinski definition) is 3. The molecule has 0 saturated carbocycles. The van der Waals surface area contributed by atoms with Crippen molar-refractivity contribution in [3.63, 3.8) is 0 Å². The zero-order valence-corrected chi connectivity index (χ0v) is 8.71. The van der Waals surface area contributed by atoms with Crippen LogP contribution in [0.15, 0.2) is 12.7 Å². The highest BCUT2D eigenvalue weighted by Crippen LogP contribution is 2.16. The summed E-state index contributed by atoms with van der Waals surface area (Å²) in [5.41, 5.74) is 0. The van der Waals surface area contributed by atoms with Crippen molar-refractivity contribution in [2.45, 2.75) is 12.6 Å². The number of carbonyl (C=O) groups excluding carboxylic acids is 2. The molecule has 0 aromatic rings. The lowest BCUT2D eigenvalue weighted by molar-refractivity contribution is -0.160. The third-order valence-electron chi connectivity index (χ3n) is 1.67. The Labute approximate surface area is 90.7 Å². The van der Waals surface area contributed by atoms with E-state index in [0.29, 0.717) is 4.90 Å². The summed E-state index contributed by atoms with van der Waals surface area (Å²) in [5.74, 6) is -1.55. The molecule has 7 heteroatoms. The van der Waals surface area contributed by atoms with Crippen molar-refractivity contribution in [1.82, 2.24) is 4.90 Å². The third kappa shape index (κ3) is 6.05. The zero-order chi connectivity index (χ0) is 12.8. The van der Waals surface area contributed by atoms with Crippen LogP contribution < -0.4 is 0 Å². The fraction of sp³-hybridized carbons (Fsp3) is 0.556. The predicted molar refractivity (Wildman–Crippen MR) is 49.5 cm³/mol. The van der Waals surface area contributed by atoms with Gasteiger partial charge in [0.05, 0.1) is 13.5 Å². The smallest absolute Gasteiger partial charge is 0.406 e. The molecule has 0 heterocycles. The first-order chi connectivity index (χ1) is 7.30. The van der Waals surface area contributed by atoms with E-state index in [1.165, 1.54) is 0 Å². The first-order valence-corrected chi connectivity index (χ1v) is 4.35. The number of halogens is 3. The topological polar surface area (TPSA) is 46.6 Å². The molecule has 0 fully saturated rings. The molecule has 0 unspecified atom stereocenters. The number of ether oxygens (including phenoxy) is 1. The Hall–Kier alpha value is -1.53. The molecule has 0 rings (SSSR count). The van der Waals surface area contributed by atoms with Gasteiger partial charge in [-0.15, -0.1) is 0 Å². The van der Waals surface area contributed by atoms with Crippen molar-refractivity contribution in [2.24, 2.45) is 0 Å². The minimum Gasteiger partial charge on any atom is -0.469 e. The zero-order valence-electron chi connectivity index (χ0n) is 8.71. The molecule has 4 nitrogen and oxygen atoms in total. The van der Waals surface area contributed by atoms with E-state index in [4.69, 9.17) is 0 Å². The van der Waals surface area contributed by atoms with Crippen LogP contribution >= 0.6 is 0 Å². The number of esters is 1. The van der Waals surface area contributed by atoms with Crippen LogP contribution in [0.4, 0.5) is 13.2 Å². The first kappa shape index (κ1) is 14.5. The summed E-state index contributed by atoms with van der Waals surface area (Å²) in [6.45, 7) is 1.33. The predicted octanol–water partition coefficient (Wildman–Crippen LogP) is 1.13. The normalized spacial score (nSPS) is 10.8. The van der Waals surface area contributed by atoms with Crippen molar-refractivity contribution in [3.8, 4) is 0 Å². The van der Waals surface area contributed by atoms with Gasteiger partial charge in [-0.2, -0.15) is 13.2 Å². The second-order valence-corrected chi connectivity index (χ2v) is 2.91. The van der Waals surface area contributed by atoms with E-state index in [2.05, 4.69) is 11.3 Å². The van der Waals surface area contributed by atoms with Crippen LogP contribution in [-0.4, -0.2) is 43.2 Å². The SMILES string of the molecule is C=CC(=O)N(CCC(=O)OC)CC(F)(F)F. The molecule has 0 saturated heterocycles. The van der Waals surface area contributed by atoms with E-state index < -0.39 is 24.6 Å². The summed E-state index contributed by atoms with van der Waals surface area (Å²) >= 11 is 0. The van der Waals surface area contributed by atoms with Crippen molar-refractivity contribution < 1.29 is 27.5 Å². The van der Waals surface area contributed by atoms with Crippen LogP contribution in [0.3, 0.4) is 0 Å². The van der Waals surface area contributed by atoms with E-state index in [9.17, 15) is 22.8 Å². The Morgan fingerprint density at radius 3 is 2.38 bits per heavy atom. The van der Waals surface area contributed by atoms with Crippen molar-refractivity contribution in [1.29, 1.82) is 0 Å². The summed E-state index contributed by atoms with van der Waals surface area (Å²) in [7, 11) is 1.12. The van der Waals surface area contributed by atoms with Crippen molar-refractivity contribution in [3.05, 3.63) is 12.7 Å². The minimum absolute atomic E-state index is 0.286. The lowest BCUT2D eigenvalue weighted by Gasteiger charge is -2.21. The largest absolute Gasteiger partial charge is 0.469 e. The van der Waals surface area contributed by atoms with Crippen LogP contribution in [0.2, 0.25) is 0 Å². The highest BCUT2D eigenvalue weighted by molar-refractivity contribution is 5.87. The maximum atomic E-state index is 12.1. The molecule has 0 spiro atoms. The number of nitrogens with zero attached hydrogens (tertiary/aromatic N) is 1. The molecule has 0 aliphatic carbocycles. The Kier molecular flexibility index (Phi) is 5.55. The average molecular weight is 239 g/mol. The van der Waals surface area contributed by atoms with Crippen LogP contribution in [0.1, 0.15) is 6.42 Å². The summed E-state index contributed by atoms with van der Waals surface area (Å²) in [6.07, 6.45) is -4.02. The molecule has 0 bridgehead atoms. The molecule has 0 aromatic heterocycles. The van der Waals surface area contributed by atoms with Gasteiger partial charge in [0.2, 0.25) is 5.91 Å².